The number of benzene rings is 2. The van der Waals surface area contributed by atoms with E-state index in [-0.39, 0.29) is 5.91 Å². The number of fused-ring (bicyclic) bond motifs is 1. The standard InChI is InChI=1S/C24H20FN3O3S/c1-28-11-10-26-23(28)22(16-4-2-3-5-17(16)25)27-24(29)21-9-8-20(32-21)15-6-7-18-19(14-15)31-13-12-30-18/h2-11,14,22H,12-13H2,1H3,(H,27,29)/t22-/m0/s1. The van der Waals surface area contributed by atoms with Crippen molar-refractivity contribution in [1.29, 1.82) is 0 Å². The number of hydrogen-bond donors (Lipinski definition) is 1. The summed E-state index contributed by atoms with van der Waals surface area (Å²) in [5.74, 6) is 1.27. The Balaban J connectivity index is 1.42. The first-order valence-corrected chi connectivity index (χ1v) is 10.9. The molecule has 0 unspecified atom stereocenters. The molecule has 162 valence electrons. The zero-order valence-electron chi connectivity index (χ0n) is 17.2. The van der Waals surface area contributed by atoms with Crippen molar-refractivity contribution in [2.75, 3.05) is 13.2 Å². The number of amides is 1. The molecule has 0 aliphatic carbocycles. The molecule has 5 rings (SSSR count). The van der Waals surface area contributed by atoms with E-state index in [0.717, 1.165) is 16.2 Å². The molecule has 8 heteroatoms. The molecule has 1 atom stereocenters. The lowest BCUT2D eigenvalue weighted by Crippen LogP contribution is -2.31. The van der Waals surface area contributed by atoms with Crippen LogP contribution in [0.1, 0.15) is 27.1 Å². The summed E-state index contributed by atoms with van der Waals surface area (Å²) >= 11 is 1.36. The molecule has 0 fully saturated rings. The lowest BCUT2D eigenvalue weighted by molar-refractivity contribution is 0.0944. The molecular weight excluding hydrogens is 429 g/mol. The maximum absolute atomic E-state index is 14.6. The van der Waals surface area contributed by atoms with E-state index in [1.807, 2.05) is 31.3 Å². The molecule has 2 aromatic carbocycles. The molecule has 6 nitrogen and oxygen atoms in total. The summed E-state index contributed by atoms with van der Waals surface area (Å²) in [4.78, 5) is 18.9. The highest BCUT2D eigenvalue weighted by molar-refractivity contribution is 7.17. The molecule has 1 N–H and O–H groups in total. The first-order chi connectivity index (χ1) is 15.6. The van der Waals surface area contributed by atoms with E-state index in [1.54, 1.807) is 41.2 Å². The van der Waals surface area contributed by atoms with Crippen LogP contribution in [0.15, 0.2) is 67.0 Å². The lowest BCUT2D eigenvalue weighted by atomic mass is 10.1. The first kappa shape index (κ1) is 20.3. The van der Waals surface area contributed by atoms with Crippen LogP contribution >= 0.6 is 11.3 Å². The number of aryl methyl sites for hydroxylation is 1. The van der Waals surface area contributed by atoms with Crippen LogP contribution in [0.2, 0.25) is 0 Å². The number of carbonyl (C=O) groups excluding carboxylic acids is 1. The van der Waals surface area contributed by atoms with Crippen molar-refractivity contribution in [1.82, 2.24) is 14.9 Å². The van der Waals surface area contributed by atoms with Gasteiger partial charge in [-0.25, -0.2) is 9.37 Å². The molecule has 0 saturated carbocycles. The number of aromatic nitrogens is 2. The fourth-order valence-electron chi connectivity index (χ4n) is 3.66. The predicted molar refractivity (Wildman–Crippen MR) is 120 cm³/mol. The van der Waals surface area contributed by atoms with Crippen molar-refractivity contribution in [2.24, 2.45) is 7.05 Å². The Morgan fingerprint density at radius 3 is 2.72 bits per heavy atom. The van der Waals surface area contributed by atoms with Gasteiger partial charge in [0.2, 0.25) is 0 Å². The van der Waals surface area contributed by atoms with Crippen LogP contribution < -0.4 is 14.8 Å². The zero-order chi connectivity index (χ0) is 22.1. The number of thiophene rings is 1. The van der Waals surface area contributed by atoms with Gasteiger partial charge in [0.05, 0.1) is 4.88 Å². The smallest absolute Gasteiger partial charge is 0.262 e. The molecule has 32 heavy (non-hydrogen) atoms. The second-order valence-corrected chi connectivity index (χ2v) is 8.43. The summed E-state index contributed by atoms with van der Waals surface area (Å²) in [7, 11) is 1.81. The summed E-state index contributed by atoms with van der Waals surface area (Å²) in [5, 5.41) is 2.95. The van der Waals surface area contributed by atoms with Gasteiger partial charge in [0.15, 0.2) is 11.5 Å². The maximum atomic E-state index is 14.6. The minimum absolute atomic E-state index is 0.296. The van der Waals surface area contributed by atoms with Crippen LogP contribution in [0.5, 0.6) is 11.5 Å². The van der Waals surface area contributed by atoms with Gasteiger partial charge in [-0.05, 0) is 42.0 Å². The Kier molecular flexibility index (Phi) is 5.36. The minimum atomic E-state index is -0.719. The quantitative estimate of drug-likeness (QED) is 0.485. The van der Waals surface area contributed by atoms with Crippen molar-refractivity contribution >= 4 is 17.2 Å². The van der Waals surface area contributed by atoms with Gasteiger partial charge in [0.1, 0.15) is 30.9 Å². The van der Waals surface area contributed by atoms with E-state index < -0.39 is 11.9 Å². The highest BCUT2D eigenvalue weighted by atomic mass is 32.1. The SMILES string of the molecule is Cn1ccnc1[C@@H](NC(=O)c1ccc(-c2ccc3c(c2)OCCO3)s1)c1ccccc1F. The van der Waals surface area contributed by atoms with Crippen LogP contribution in [0.4, 0.5) is 4.39 Å². The van der Waals surface area contributed by atoms with Gasteiger partial charge < -0.3 is 19.4 Å². The van der Waals surface area contributed by atoms with E-state index in [2.05, 4.69) is 10.3 Å². The number of rotatable bonds is 5. The van der Waals surface area contributed by atoms with Crippen molar-refractivity contribution in [2.45, 2.75) is 6.04 Å². The number of nitrogens with one attached hydrogen (secondary N) is 1. The molecule has 1 amide bonds. The van der Waals surface area contributed by atoms with Crippen LogP contribution in [-0.2, 0) is 7.05 Å². The van der Waals surface area contributed by atoms with Gasteiger partial charge in [-0.15, -0.1) is 11.3 Å². The minimum Gasteiger partial charge on any atom is -0.486 e. The largest absolute Gasteiger partial charge is 0.486 e. The monoisotopic (exact) mass is 449 g/mol. The highest BCUT2D eigenvalue weighted by Gasteiger charge is 2.25. The summed E-state index contributed by atoms with van der Waals surface area (Å²) in [6, 6.07) is 15.1. The highest BCUT2D eigenvalue weighted by Crippen LogP contribution is 2.37. The Hall–Kier alpha value is -3.65. The van der Waals surface area contributed by atoms with Crippen molar-refractivity contribution in [3.63, 3.8) is 0 Å². The Morgan fingerprint density at radius 2 is 1.94 bits per heavy atom. The van der Waals surface area contributed by atoms with Crippen LogP contribution in [0, 0.1) is 5.82 Å². The Bertz CT molecular complexity index is 1280. The molecular formula is C24H20FN3O3S. The van der Waals surface area contributed by atoms with Crippen molar-refractivity contribution in [3.8, 4) is 21.9 Å². The van der Waals surface area contributed by atoms with E-state index in [4.69, 9.17) is 9.47 Å². The van der Waals surface area contributed by atoms with Gasteiger partial charge in [-0.1, -0.05) is 18.2 Å². The fraction of sp³-hybridized carbons (Fsp3) is 0.167. The summed E-state index contributed by atoms with van der Waals surface area (Å²) < 4.78 is 27.6. The van der Waals surface area contributed by atoms with E-state index in [0.29, 0.717) is 35.2 Å². The van der Waals surface area contributed by atoms with Crippen molar-refractivity contribution < 1.29 is 18.7 Å². The van der Waals surface area contributed by atoms with Gasteiger partial charge in [0, 0.05) is 29.9 Å². The van der Waals surface area contributed by atoms with Gasteiger partial charge in [-0.3, -0.25) is 4.79 Å². The number of imidazole rings is 1. The van der Waals surface area contributed by atoms with E-state index in [9.17, 15) is 9.18 Å². The number of hydrogen-bond acceptors (Lipinski definition) is 5. The molecule has 1 aliphatic rings. The van der Waals surface area contributed by atoms with Gasteiger partial charge in [-0.2, -0.15) is 0 Å². The fourth-order valence-corrected chi connectivity index (χ4v) is 4.57. The Morgan fingerprint density at radius 1 is 1.12 bits per heavy atom. The maximum Gasteiger partial charge on any atom is 0.262 e. The van der Waals surface area contributed by atoms with E-state index >= 15 is 0 Å². The third kappa shape index (κ3) is 3.85. The summed E-state index contributed by atoms with van der Waals surface area (Å²) in [6.45, 7) is 1.05. The number of ether oxygens (including phenoxy) is 2. The molecule has 0 spiro atoms. The van der Waals surface area contributed by atoms with Crippen LogP contribution in [0.3, 0.4) is 0 Å². The van der Waals surface area contributed by atoms with Crippen LogP contribution in [-0.4, -0.2) is 28.7 Å². The lowest BCUT2D eigenvalue weighted by Gasteiger charge is -2.19. The molecule has 0 saturated heterocycles. The molecule has 4 aromatic rings. The van der Waals surface area contributed by atoms with Gasteiger partial charge >= 0.3 is 0 Å². The second-order valence-electron chi connectivity index (χ2n) is 7.35. The number of halogens is 1. The zero-order valence-corrected chi connectivity index (χ0v) is 18.1. The topological polar surface area (TPSA) is 65.4 Å². The summed E-state index contributed by atoms with van der Waals surface area (Å²) in [6.07, 6.45) is 3.39. The van der Waals surface area contributed by atoms with Gasteiger partial charge in [0.25, 0.3) is 5.91 Å². The summed E-state index contributed by atoms with van der Waals surface area (Å²) in [5.41, 5.74) is 1.30. The average Bonchev–Trinajstić information content (AvgIpc) is 3.47. The number of nitrogens with zero attached hydrogens (tertiary/aromatic N) is 2. The first-order valence-electron chi connectivity index (χ1n) is 10.1. The molecule has 0 bridgehead atoms. The Labute approximate surface area is 188 Å². The predicted octanol–water partition coefficient (Wildman–Crippen LogP) is 4.58. The second kappa shape index (κ2) is 8.47. The number of carbonyl (C=O) groups is 1. The molecule has 0 radical (unpaired) electrons. The molecule has 3 heterocycles. The third-order valence-corrected chi connectivity index (χ3v) is 6.40. The van der Waals surface area contributed by atoms with Crippen molar-refractivity contribution in [3.05, 3.63) is 89.1 Å². The third-order valence-electron chi connectivity index (χ3n) is 5.26. The van der Waals surface area contributed by atoms with Crippen LogP contribution in [0.25, 0.3) is 10.4 Å². The average molecular weight is 450 g/mol. The molecule has 1 aliphatic heterocycles. The van der Waals surface area contributed by atoms with E-state index in [1.165, 1.54) is 17.4 Å². The molecule has 2 aromatic heterocycles. The normalized spacial score (nSPS) is 13.6.